The average Bonchev–Trinajstić information content (AvgIpc) is 2.49. The van der Waals surface area contributed by atoms with Crippen molar-refractivity contribution >= 4 is 12.1 Å². The zero-order valence-electron chi connectivity index (χ0n) is 11.3. The predicted octanol–water partition coefficient (Wildman–Crippen LogP) is 1.87. The van der Waals surface area contributed by atoms with Gasteiger partial charge in [0.15, 0.2) is 0 Å². The molecular weight excluding hydrogens is 272 g/mol. The molecule has 0 spiro atoms. The molecule has 0 saturated heterocycles. The van der Waals surface area contributed by atoms with E-state index in [-0.39, 0.29) is 17.1 Å². The first-order chi connectivity index (χ1) is 10.1. The summed E-state index contributed by atoms with van der Waals surface area (Å²) in [5.41, 5.74) is 2.78. The lowest BCUT2D eigenvalue weighted by Crippen LogP contribution is -2.17. The van der Waals surface area contributed by atoms with Gasteiger partial charge in [-0.1, -0.05) is 12.1 Å². The third kappa shape index (κ3) is 3.50. The molecule has 0 aliphatic carbocycles. The van der Waals surface area contributed by atoms with Gasteiger partial charge in [0.1, 0.15) is 17.2 Å². The van der Waals surface area contributed by atoms with E-state index >= 15 is 0 Å². The highest BCUT2D eigenvalue weighted by Gasteiger charge is 2.08. The second-order valence-corrected chi connectivity index (χ2v) is 4.14. The van der Waals surface area contributed by atoms with Gasteiger partial charge in [-0.15, -0.1) is 0 Å². The second-order valence-electron chi connectivity index (χ2n) is 4.14. The molecule has 0 atom stereocenters. The minimum Gasteiger partial charge on any atom is -0.507 e. The van der Waals surface area contributed by atoms with Crippen molar-refractivity contribution in [3.8, 4) is 17.2 Å². The Morgan fingerprint density at radius 1 is 1.19 bits per heavy atom. The van der Waals surface area contributed by atoms with Gasteiger partial charge in [0.25, 0.3) is 5.91 Å². The van der Waals surface area contributed by atoms with Gasteiger partial charge in [0.2, 0.25) is 0 Å². The molecule has 0 fully saturated rings. The topological polar surface area (TPSA) is 91.2 Å². The van der Waals surface area contributed by atoms with Crippen molar-refractivity contribution in [1.29, 1.82) is 0 Å². The standard InChI is InChI=1S/C15H14N2O4/c1-21-11-6-7-13(18)10(8-11)9-16-17-15(20)12-4-2-3-5-14(12)19/h2-9,18-19H,1H3,(H,17,20)/b16-9+. The van der Waals surface area contributed by atoms with Crippen LogP contribution in [0.2, 0.25) is 0 Å². The van der Waals surface area contributed by atoms with E-state index in [9.17, 15) is 15.0 Å². The van der Waals surface area contributed by atoms with E-state index in [0.717, 1.165) is 0 Å². The fourth-order valence-corrected chi connectivity index (χ4v) is 1.65. The van der Waals surface area contributed by atoms with Crippen molar-refractivity contribution < 1.29 is 19.7 Å². The van der Waals surface area contributed by atoms with Crippen LogP contribution >= 0.6 is 0 Å². The number of hydrogen-bond acceptors (Lipinski definition) is 5. The molecule has 6 heteroatoms. The van der Waals surface area contributed by atoms with Crippen molar-refractivity contribution in [1.82, 2.24) is 5.43 Å². The molecule has 0 unspecified atom stereocenters. The Morgan fingerprint density at radius 3 is 2.67 bits per heavy atom. The van der Waals surface area contributed by atoms with E-state index in [1.807, 2.05) is 0 Å². The first-order valence-corrected chi connectivity index (χ1v) is 6.10. The Morgan fingerprint density at radius 2 is 1.95 bits per heavy atom. The number of para-hydroxylation sites is 1. The number of hydrazone groups is 1. The normalized spacial score (nSPS) is 10.5. The van der Waals surface area contributed by atoms with E-state index < -0.39 is 5.91 Å². The Bertz CT molecular complexity index is 683. The Labute approximate surface area is 121 Å². The maximum Gasteiger partial charge on any atom is 0.275 e. The molecule has 108 valence electrons. The van der Waals surface area contributed by atoms with Crippen LogP contribution < -0.4 is 10.2 Å². The van der Waals surface area contributed by atoms with Gasteiger partial charge in [-0.25, -0.2) is 5.43 Å². The summed E-state index contributed by atoms with van der Waals surface area (Å²) in [6.45, 7) is 0. The van der Waals surface area contributed by atoms with Crippen molar-refractivity contribution in [3.63, 3.8) is 0 Å². The third-order valence-corrected chi connectivity index (χ3v) is 2.75. The smallest absolute Gasteiger partial charge is 0.275 e. The minimum absolute atomic E-state index is 0.0105. The number of methoxy groups -OCH3 is 1. The molecule has 2 rings (SSSR count). The van der Waals surface area contributed by atoms with Gasteiger partial charge in [-0.2, -0.15) is 5.10 Å². The van der Waals surface area contributed by atoms with E-state index in [0.29, 0.717) is 11.3 Å². The number of amides is 1. The summed E-state index contributed by atoms with van der Waals surface area (Å²) in [6.07, 6.45) is 1.29. The summed E-state index contributed by atoms with van der Waals surface area (Å²) >= 11 is 0. The van der Waals surface area contributed by atoms with Crippen molar-refractivity contribution in [2.45, 2.75) is 0 Å². The molecular formula is C15H14N2O4. The molecule has 0 aromatic heterocycles. The highest BCUT2D eigenvalue weighted by Crippen LogP contribution is 2.21. The molecule has 21 heavy (non-hydrogen) atoms. The van der Waals surface area contributed by atoms with Gasteiger partial charge in [0, 0.05) is 5.56 Å². The Balaban J connectivity index is 2.09. The average molecular weight is 286 g/mol. The summed E-state index contributed by atoms with van der Waals surface area (Å²) in [5, 5.41) is 22.9. The number of phenols is 2. The number of nitrogens with zero attached hydrogens (tertiary/aromatic N) is 1. The summed E-state index contributed by atoms with van der Waals surface area (Å²) in [4.78, 5) is 11.8. The monoisotopic (exact) mass is 286 g/mol. The van der Waals surface area contributed by atoms with E-state index in [2.05, 4.69) is 10.5 Å². The lowest BCUT2D eigenvalue weighted by molar-refractivity contribution is 0.0952. The third-order valence-electron chi connectivity index (χ3n) is 2.75. The zero-order valence-corrected chi connectivity index (χ0v) is 11.3. The number of carbonyl (C=O) groups excluding carboxylic acids is 1. The summed E-state index contributed by atoms with van der Waals surface area (Å²) < 4.78 is 5.03. The molecule has 0 aliphatic heterocycles. The van der Waals surface area contributed by atoms with Crippen LogP contribution in [0, 0.1) is 0 Å². The second kappa shape index (κ2) is 6.42. The van der Waals surface area contributed by atoms with Crippen LogP contribution in [-0.4, -0.2) is 29.4 Å². The molecule has 0 heterocycles. The lowest BCUT2D eigenvalue weighted by atomic mass is 10.2. The molecule has 0 saturated carbocycles. The van der Waals surface area contributed by atoms with Gasteiger partial charge in [0.05, 0.1) is 18.9 Å². The fraction of sp³-hybridized carbons (Fsp3) is 0.0667. The molecule has 0 radical (unpaired) electrons. The first-order valence-electron chi connectivity index (χ1n) is 6.10. The van der Waals surface area contributed by atoms with Crippen molar-refractivity contribution in [2.24, 2.45) is 5.10 Å². The molecule has 0 bridgehead atoms. The highest BCUT2D eigenvalue weighted by atomic mass is 16.5. The number of carbonyl (C=O) groups is 1. The van der Waals surface area contributed by atoms with E-state index in [1.165, 1.54) is 31.5 Å². The van der Waals surface area contributed by atoms with E-state index in [4.69, 9.17) is 4.74 Å². The quantitative estimate of drug-likeness (QED) is 0.591. The van der Waals surface area contributed by atoms with Gasteiger partial charge in [-0.05, 0) is 30.3 Å². The molecule has 0 aliphatic rings. The number of benzene rings is 2. The highest BCUT2D eigenvalue weighted by molar-refractivity contribution is 5.97. The van der Waals surface area contributed by atoms with Crippen LogP contribution in [0.4, 0.5) is 0 Å². The van der Waals surface area contributed by atoms with Crippen LogP contribution in [0.3, 0.4) is 0 Å². The summed E-state index contributed by atoms with van der Waals surface area (Å²) in [6, 6.07) is 10.8. The largest absolute Gasteiger partial charge is 0.507 e. The van der Waals surface area contributed by atoms with Crippen LogP contribution in [0.15, 0.2) is 47.6 Å². The molecule has 2 aromatic rings. The van der Waals surface area contributed by atoms with Crippen LogP contribution in [0.5, 0.6) is 17.2 Å². The first kappa shape index (κ1) is 14.4. The Kier molecular flexibility index (Phi) is 4.40. The number of phenolic OH excluding ortho intramolecular Hbond substituents is 2. The zero-order chi connectivity index (χ0) is 15.2. The summed E-state index contributed by atoms with van der Waals surface area (Å²) in [5.74, 6) is -0.112. The number of hydrogen-bond donors (Lipinski definition) is 3. The van der Waals surface area contributed by atoms with Gasteiger partial charge < -0.3 is 14.9 Å². The molecule has 2 aromatic carbocycles. The predicted molar refractivity (Wildman–Crippen MR) is 77.8 cm³/mol. The lowest BCUT2D eigenvalue weighted by Gasteiger charge is -2.04. The minimum atomic E-state index is -0.549. The van der Waals surface area contributed by atoms with Crippen LogP contribution in [0.25, 0.3) is 0 Å². The number of nitrogens with one attached hydrogen (secondary N) is 1. The molecule has 1 amide bonds. The molecule has 6 nitrogen and oxygen atoms in total. The SMILES string of the molecule is COc1ccc(O)c(/C=N/NC(=O)c2ccccc2O)c1. The van der Waals surface area contributed by atoms with Crippen LogP contribution in [0.1, 0.15) is 15.9 Å². The number of aromatic hydroxyl groups is 2. The van der Waals surface area contributed by atoms with Crippen molar-refractivity contribution in [2.75, 3.05) is 7.11 Å². The van der Waals surface area contributed by atoms with E-state index in [1.54, 1.807) is 24.3 Å². The van der Waals surface area contributed by atoms with Gasteiger partial charge >= 0.3 is 0 Å². The number of ether oxygens (including phenoxy) is 1. The van der Waals surface area contributed by atoms with Crippen molar-refractivity contribution in [3.05, 3.63) is 53.6 Å². The Hall–Kier alpha value is -3.02. The summed E-state index contributed by atoms with van der Waals surface area (Å²) in [7, 11) is 1.51. The van der Waals surface area contributed by atoms with Gasteiger partial charge in [-0.3, -0.25) is 4.79 Å². The fourth-order valence-electron chi connectivity index (χ4n) is 1.65. The van der Waals surface area contributed by atoms with Crippen LogP contribution in [-0.2, 0) is 0 Å². The number of rotatable bonds is 4. The molecule has 3 N–H and O–H groups in total. The maximum absolute atomic E-state index is 11.8. The maximum atomic E-state index is 11.8.